The fraction of sp³-hybridized carbons (Fsp3) is 0.296. The van der Waals surface area contributed by atoms with Gasteiger partial charge in [0.15, 0.2) is 0 Å². The molecule has 4 rings (SSSR count). The van der Waals surface area contributed by atoms with Crippen molar-refractivity contribution >= 4 is 5.97 Å². The summed E-state index contributed by atoms with van der Waals surface area (Å²) in [5.41, 5.74) is 7.47. The van der Waals surface area contributed by atoms with Gasteiger partial charge in [0, 0.05) is 12.1 Å². The first-order chi connectivity index (χ1) is 15.1. The number of carbonyl (C=O) groups excluding carboxylic acids is 1. The normalized spacial score (nSPS) is 14.0. The Morgan fingerprint density at radius 1 is 1.00 bits per heavy atom. The fourth-order valence-electron chi connectivity index (χ4n) is 4.44. The van der Waals surface area contributed by atoms with Crippen LogP contribution in [0.4, 0.5) is 4.39 Å². The van der Waals surface area contributed by atoms with E-state index in [-0.39, 0.29) is 11.8 Å². The molecule has 0 spiro atoms. The van der Waals surface area contributed by atoms with E-state index in [0.29, 0.717) is 18.7 Å². The van der Waals surface area contributed by atoms with Gasteiger partial charge in [-0.25, -0.2) is 4.39 Å². The molecule has 0 fully saturated rings. The van der Waals surface area contributed by atoms with Gasteiger partial charge in [0.05, 0.1) is 13.2 Å². The maximum absolute atomic E-state index is 14.4. The van der Waals surface area contributed by atoms with E-state index in [1.165, 1.54) is 17.2 Å². The van der Waals surface area contributed by atoms with E-state index < -0.39 is 0 Å². The number of aryl methyl sites for hydroxylation is 1. The number of halogens is 1. The van der Waals surface area contributed by atoms with Crippen LogP contribution in [0, 0.1) is 12.7 Å². The van der Waals surface area contributed by atoms with Crippen molar-refractivity contribution in [2.45, 2.75) is 33.2 Å². The zero-order valence-corrected chi connectivity index (χ0v) is 18.2. The number of rotatable bonds is 5. The average Bonchev–Trinajstić information content (AvgIpc) is 2.96. The minimum absolute atomic E-state index is 0.164. The molecule has 0 atom stereocenters. The summed E-state index contributed by atoms with van der Waals surface area (Å²) < 4.78 is 19.5. The lowest BCUT2D eigenvalue weighted by molar-refractivity contribution is -0.144. The molecule has 31 heavy (non-hydrogen) atoms. The maximum Gasteiger partial charge on any atom is 0.320 e. The van der Waals surface area contributed by atoms with Gasteiger partial charge in [-0.05, 0) is 72.7 Å². The Kier molecular flexibility index (Phi) is 6.47. The molecule has 0 aliphatic carbocycles. The Morgan fingerprint density at radius 2 is 1.77 bits per heavy atom. The zero-order chi connectivity index (χ0) is 21.8. The molecule has 4 heteroatoms. The smallest absolute Gasteiger partial charge is 0.320 e. The maximum atomic E-state index is 14.4. The Bertz CT molecular complexity index is 1090. The van der Waals surface area contributed by atoms with Crippen LogP contribution in [0.15, 0.2) is 60.7 Å². The number of ether oxygens (including phenoxy) is 1. The molecule has 3 nitrogen and oxygen atoms in total. The lowest BCUT2D eigenvalue weighted by Crippen LogP contribution is -2.30. The molecule has 3 aromatic carbocycles. The highest BCUT2D eigenvalue weighted by Crippen LogP contribution is 2.34. The third-order valence-corrected chi connectivity index (χ3v) is 5.99. The van der Waals surface area contributed by atoms with Crippen molar-refractivity contribution in [3.05, 3.63) is 83.2 Å². The molecule has 0 bridgehead atoms. The van der Waals surface area contributed by atoms with Crippen molar-refractivity contribution in [1.29, 1.82) is 0 Å². The molecular formula is C27H28FNO2. The van der Waals surface area contributed by atoms with Crippen LogP contribution < -0.4 is 0 Å². The van der Waals surface area contributed by atoms with Gasteiger partial charge in [-0.2, -0.15) is 0 Å². The van der Waals surface area contributed by atoms with Crippen molar-refractivity contribution in [2.24, 2.45) is 0 Å². The summed E-state index contributed by atoms with van der Waals surface area (Å²) in [4.78, 5) is 14.1. The van der Waals surface area contributed by atoms with Crippen LogP contribution in [0.1, 0.15) is 30.0 Å². The van der Waals surface area contributed by atoms with E-state index >= 15 is 0 Å². The van der Waals surface area contributed by atoms with Crippen LogP contribution in [-0.2, 0) is 22.5 Å². The van der Waals surface area contributed by atoms with Crippen LogP contribution >= 0.6 is 0 Å². The second-order valence-electron chi connectivity index (χ2n) is 8.06. The van der Waals surface area contributed by atoms with Crippen LogP contribution in [0.2, 0.25) is 0 Å². The third-order valence-electron chi connectivity index (χ3n) is 5.99. The zero-order valence-electron chi connectivity index (χ0n) is 18.2. The first kappa shape index (κ1) is 21.3. The SMILES string of the molecule is CCOC(=O)CN1CCCc2cc(-c3cccc(-c4ccccc4F)c3C)ccc2C1. The average molecular weight is 418 g/mol. The summed E-state index contributed by atoms with van der Waals surface area (Å²) in [6, 6.07) is 19.6. The van der Waals surface area contributed by atoms with Gasteiger partial charge in [-0.1, -0.05) is 54.6 Å². The molecule has 0 radical (unpaired) electrons. The van der Waals surface area contributed by atoms with Crippen LogP contribution in [0.25, 0.3) is 22.3 Å². The number of benzene rings is 3. The molecule has 0 unspecified atom stereocenters. The Balaban J connectivity index is 1.63. The highest BCUT2D eigenvalue weighted by molar-refractivity contribution is 5.79. The predicted molar refractivity (Wildman–Crippen MR) is 122 cm³/mol. The van der Waals surface area contributed by atoms with E-state index in [1.54, 1.807) is 6.07 Å². The van der Waals surface area contributed by atoms with Gasteiger partial charge in [0.1, 0.15) is 5.82 Å². The highest BCUT2D eigenvalue weighted by atomic mass is 19.1. The van der Waals surface area contributed by atoms with E-state index in [2.05, 4.69) is 36.1 Å². The lowest BCUT2D eigenvalue weighted by atomic mass is 9.90. The van der Waals surface area contributed by atoms with E-state index in [1.807, 2.05) is 31.2 Å². The Labute approximate surface area is 183 Å². The minimum Gasteiger partial charge on any atom is -0.465 e. The van der Waals surface area contributed by atoms with E-state index in [0.717, 1.165) is 48.2 Å². The molecule has 0 aromatic heterocycles. The molecule has 3 aromatic rings. The fourth-order valence-corrected chi connectivity index (χ4v) is 4.44. The molecule has 1 heterocycles. The topological polar surface area (TPSA) is 29.5 Å². The van der Waals surface area contributed by atoms with Crippen molar-refractivity contribution in [3.8, 4) is 22.3 Å². The first-order valence-corrected chi connectivity index (χ1v) is 10.9. The molecule has 160 valence electrons. The second-order valence-corrected chi connectivity index (χ2v) is 8.06. The van der Waals surface area contributed by atoms with Crippen molar-refractivity contribution < 1.29 is 13.9 Å². The number of esters is 1. The molecule has 0 saturated carbocycles. The monoisotopic (exact) mass is 417 g/mol. The summed E-state index contributed by atoms with van der Waals surface area (Å²) in [6.45, 7) is 6.27. The second kappa shape index (κ2) is 9.44. The van der Waals surface area contributed by atoms with Crippen LogP contribution in [-0.4, -0.2) is 30.6 Å². The number of hydrogen-bond donors (Lipinski definition) is 0. The highest BCUT2D eigenvalue weighted by Gasteiger charge is 2.19. The van der Waals surface area contributed by atoms with E-state index in [4.69, 9.17) is 4.74 Å². The third kappa shape index (κ3) is 4.70. The van der Waals surface area contributed by atoms with Crippen LogP contribution in [0.5, 0.6) is 0 Å². The van der Waals surface area contributed by atoms with Crippen molar-refractivity contribution in [1.82, 2.24) is 4.90 Å². The van der Waals surface area contributed by atoms with Gasteiger partial charge in [0.25, 0.3) is 0 Å². The largest absolute Gasteiger partial charge is 0.465 e. The summed E-state index contributed by atoms with van der Waals surface area (Å²) in [5.74, 6) is -0.366. The van der Waals surface area contributed by atoms with Crippen molar-refractivity contribution in [2.75, 3.05) is 19.7 Å². The Hall–Kier alpha value is -2.98. The summed E-state index contributed by atoms with van der Waals surface area (Å²) in [5, 5.41) is 0. The number of fused-ring (bicyclic) bond motifs is 1. The van der Waals surface area contributed by atoms with E-state index in [9.17, 15) is 9.18 Å². The van der Waals surface area contributed by atoms with Gasteiger partial charge < -0.3 is 4.74 Å². The number of carbonyl (C=O) groups is 1. The molecule has 0 N–H and O–H groups in total. The molecule has 0 amide bonds. The first-order valence-electron chi connectivity index (χ1n) is 10.9. The Morgan fingerprint density at radius 3 is 2.58 bits per heavy atom. The minimum atomic E-state index is -0.202. The molecule has 0 saturated heterocycles. The molecule has 1 aliphatic rings. The van der Waals surface area contributed by atoms with Gasteiger partial charge >= 0.3 is 5.97 Å². The number of nitrogens with zero attached hydrogens (tertiary/aromatic N) is 1. The van der Waals surface area contributed by atoms with Crippen molar-refractivity contribution in [3.63, 3.8) is 0 Å². The molecular weight excluding hydrogens is 389 g/mol. The summed E-state index contributed by atoms with van der Waals surface area (Å²) in [6.07, 6.45) is 1.98. The number of hydrogen-bond acceptors (Lipinski definition) is 3. The quantitative estimate of drug-likeness (QED) is 0.493. The standard InChI is InChI=1S/C27H28FNO2/c1-3-31-27(30)18-29-15-7-8-20-16-21(13-14-22(20)17-29)23-10-6-11-24(19(23)2)25-9-4-5-12-26(25)28/h4-6,9-14,16H,3,7-8,15,17-18H2,1-2H3. The van der Waals surface area contributed by atoms with Gasteiger partial charge in [-0.15, -0.1) is 0 Å². The summed E-state index contributed by atoms with van der Waals surface area (Å²) in [7, 11) is 0. The predicted octanol–water partition coefficient (Wildman–Crippen LogP) is 5.78. The summed E-state index contributed by atoms with van der Waals surface area (Å²) >= 11 is 0. The lowest BCUT2D eigenvalue weighted by Gasteiger charge is -2.19. The molecule has 1 aliphatic heterocycles. The van der Waals surface area contributed by atoms with Crippen LogP contribution in [0.3, 0.4) is 0 Å². The van der Waals surface area contributed by atoms with Gasteiger partial charge in [-0.3, -0.25) is 9.69 Å². The van der Waals surface area contributed by atoms with Gasteiger partial charge in [0.2, 0.25) is 0 Å².